The number of hydrogen-bond donors (Lipinski definition) is 1. The van der Waals surface area contributed by atoms with Crippen molar-refractivity contribution in [3.63, 3.8) is 0 Å². The summed E-state index contributed by atoms with van der Waals surface area (Å²) in [4.78, 5) is 25.8. The van der Waals surface area contributed by atoms with Crippen molar-refractivity contribution in [1.29, 1.82) is 0 Å². The molecule has 1 aliphatic heterocycles. The van der Waals surface area contributed by atoms with Crippen molar-refractivity contribution in [2.75, 3.05) is 13.1 Å². The van der Waals surface area contributed by atoms with E-state index in [2.05, 4.69) is 5.10 Å². The van der Waals surface area contributed by atoms with Gasteiger partial charge in [0.05, 0.1) is 17.2 Å². The van der Waals surface area contributed by atoms with E-state index < -0.39 is 23.1 Å². The van der Waals surface area contributed by atoms with Crippen LogP contribution >= 0.6 is 0 Å². The maximum absolute atomic E-state index is 12.3. The molecule has 3 rings (SSSR count). The second kappa shape index (κ2) is 6.93. The average molecular weight is 363 g/mol. The first kappa shape index (κ1) is 18.7. The number of likely N-dealkylation sites (tertiary alicyclic amines) is 1. The number of aromatic nitrogens is 2. The molecule has 0 aromatic carbocycles. The maximum Gasteiger partial charge on any atom is 0.410 e. The summed E-state index contributed by atoms with van der Waals surface area (Å²) in [6.07, 6.45) is 6.99. The van der Waals surface area contributed by atoms with Crippen LogP contribution in [0.15, 0.2) is 12.3 Å². The van der Waals surface area contributed by atoms with Gasteiger partial charge in [-0.25, -0.2) is 4.79 Å². The monoisotopic (exact) mass is 363 g/mol. The Balaban J connectivity index is 1.69. The summed E-state index contributed by atoms with van der Waals surface area (Å²) in [6, 6.07) is 2.35. The van der Waals surface area contributed by atoms with Crippen LogP contribution in [0.2, 0.25) is 0 Å². The molecule has 2 aliphatic rings. The highest BCUT2D eigenvalue weighted by atomic mass is 16.6. The molecule has 1 amide bonds. The normalized spacial score (nSPS) is 24.2. The van der Waals surface area contributed by atoms with E-state index in [0.29, 0.717) is 25.4 Å². The molecule has 1 N–H and O–H groups in total. The third-order valence-corrected chi connectivity index (χ3v) is 5.34. The molecule has 26 heavy (non-hydrogen) atoms. The Bertz CT molecular complexity index is 673. The molecule has 1 aliphatic carbocycles. The molecule has 0 radical (unpaired) electrons. The lowest BCUT2D eigenvalue weighted by molar-refractivity contribution is -0.148. The zero-order valence-corrected chi connectivity index (χ0v) is 15.9. The lowest BCUT2D eigenvalue weighted by Crippen LogP contribution is -2.40. The third kappa shape index (κ3) is 4.02. The van der Waals surface area contributed by atoms with E-state index in [0.717, 1.165) is 18.5 Å². The first-order valence-electron chi connectivity index (χ1n) is 9.44. The average Bonchev–Trinajstić information content (AvgIpc) is 3.26. The molecule has 1 saturated carbocycles. The van der Waals surface area contributed by atoms with Crippen LogP contribution in [0.5, 0.6) is 0 Å². The van der Waals surface area contributed by atoms with Crippen molar-refractivity contribution in [3.05, 3.63) is 18.0 Å². The molecule has 2 heterocycles. The molecule has 7 heteroatoms. The number of carbonyl (C=O) groups is 2. The highest BCUT2D eigenvalue weighted by molar-refractivity contribution is 5.78. The fourth-order valence-electron chi connectivity index (χ4n) is 3.94. The molecule has 1 unspecified atom stereocenters. The van der Waals surface area contributed by atoms with Crippen LogP contribution in [-0.4, -0.2) is 50.5 Å². The van der Waals surface area contributed by atoms with Gasteiger partial charge in [0.25, 0.3) is 0 Å². The van der Waals surface area contributed by atoms with Crippen molar-refractivity contribution in [2.45, 2.75) is 70.9 Å². The number of nitrogens with zero attached hydrogens (tertiary/aromatic N) is 3. The summed E-state index contributed by atoms with van der Waals surface area (Å²) in [6.45, 7) is 5.97. The standard InChI is InChI=1S/C19H29N3O4/c1-18(2,3)26-17(25)21-11-9-19(13-21,16(23)24)12-14-8-10-22(20-14)15-6-4-5-7-15/h8,10,15H,4-7,9,11-13H2,1-3H3,(H,23,24). The molecule has 1 aromatic rings. The Morgan fingerprint density at radius 1 is 1.35 bits per heavy atom. The Morgan fingerprint density at radius 2 is 2.04 bits per heavy atom. The Morgan fingerprint density at radius 3 is 2.65 bits per heavy atom. The maximum atomic E-state index is 12.3. The van der Waals surface area contributed by atoms with Gasteiger partial charge in [-0.15, -0.1) is 0 Å². The van der Waals surface area contributed by atoms with Crippen molar-refractivity contribution in [3.8, 4) is 0 Å². The van der Waals surface area contributed by atoms with Crippen LogP contribution in [0.4, 0.5) is 4.79 Å². The predicted octanol–water partition coefficient (Wildman–Crippen LogP) is 3.25. The number of amides is 1. The van der Waals surface area contributed by atoms with E-state index in [9.17, 15) is 14.7 Å². The SMILES string of the molecule is CC(C)(C)OC(=O)N1CCC(Cc2ccn(C3CCCC3)n2)(C(=O)O)C1. The largest absolute Gasteiger partial charge is 0.481 e. The summed E-state index contributed by atoms with van der Waals surface area (Å²) in [7, 11) is 0. The summed E-state index contributed by atoms with van der Waals surface area (Å²) in [5, 5.41) is 14.5. The van der Waals surface area contributed by atoms with E-state index in [1.54, 1.807) is 20.8 Å². The summed E-state index contributed by atoms with van der Waals surface area (Å²) in [5.41, 5.74) is -0.803. The number of carboxylic acids is 1. The van der Waals surface area contributed by atoms with Crippen LogP contribution in [0.25, 0.3) is 0 Å². The van der Waals surface area contributed by atoms with Gasteiger partial charge in [0.1, 0.15) is 5.60 Å². The highest BCUT2D eigenvalue weighted by Gasteiger charge is 2.47. The van der Waals surface area contributed by atoms with E-state index in [1.807, 2.05) is 16.9 Å². The van der Waals surface area contributed by atoms with Gasteiger partial charge in [-0.05, 0) is 46.1 Å². The number of hydrogen-bond acceptors (Lipinski definition) is 4. The topological polar surface area (TPSA) is 84.7 Å². The molecule has 1 atom stereocenters. The van der Waals surface area contributed by atoms with Crippen molar-refractivity contribution < 1.29 is 19.4 Å². The van der Waals surface area contributed by atoms with Crippen LogP contribution in [0, 0.1) is 5.41 Å². The minimum atomic E-state index is -0.994. The van der Waals surface area contributed by atoms with Crippen LogP contribution in [0.1, 0.15) is 64.6 Å². The molecule has 1 aromatic heterocycles. The number of carboxylic acid groups (broad SMARTS) is 1. The minimum Gasteiger partial charge on any atom is -0.481 e. The van der Waals surface area contributed by atoms with Gasteiger partial charge < -0.3 is 14.7 Å². The first-order chi connectivity index (χ1) is 12.2. The fourth-order valence-corrected chi connectivity index (χ4v) is 3.94. The van der Waals surface area contributed by atoms with Crippen molar-refractivity contribution in [1.82, 2.24) is 14.7 Å². The summed E-state index contributed by atoms with van der Waals surface area (Å²) < 4.78 is 7.38. The Hall–Kier alpha value is -2.05. The van der Waals surface area contributed by atoms with Gasteiger partial charge in [0, 0.05) is 25.7 Å². The predicted molar refractivity (Wildman–Crippen MR) is 95.9 cm³/mol. The van der Waals surface area contributed by atoms with Gasteiger partial charge in [-0.2, -0.15) is 5.10 Å². The summed E-state index contributed by atoms with van der Waals surface area (Å²) >= 11 is 0. The van der Waals surface area contributed by atoms with E-state index in [4.69, 9.17) is 4.74 Å². The van der Waals surface area contributed by atoms with Gasteiger partial charge in [0.2, 0.25) is 0 Å². The molecule has 7 nitrogen and oxygen atoms in total. The smallest absolute Gasteiger partial charge is 0.410 e. The summed E-state index contributed by atoms with van der Waals surface area (Å²) in [5.74, 6) is -0.876. The number of carbonyl (C=O) groups excluding carboxylic acids is 1. The van der Waals surface area contributed by atoms with Gasteiger partial charge >= 0.3 is 12.1 Å². The third-order valence-electron chi connectivity index (χ3n) is 5.34. The number of ether oxygens (including phenoxy) is 1. The van der Waals surface area contributed by atoms with Gasteiger partial charge in [0.15, 0.2) is 0 Å². The molecule has 2 fully saturated rings. The highest BCUT2D eigenvalue weighted by Crippen LogP contribution is 2.36. The molecule has 0 bridgehead atoms. The van der Waals surface area contributed by atoms with Gasteiger partial charge in [-0.1, -0.05) is 12.8 Å². The lowest BCUT2D eigenvalue weighted by Gasteiger charge is -2.26. The van der Waals surface area contributed by atoms with Crippen LogP contribution < -0.4 is 0 Å². The zero-order chi connectivity index (χ0) is 18.9. The van der Waals surface area contributed by atoms with Crippen molar-refractivity contribution in [2.24, 2.45) is 5.41 Å². The zero-order valence-electron chi connectivity index (χ0n) is 15.9. The first-order valence-corrected chi connectivity index (χ1v) is 9.44. The number of rotatable bonds is 4. The van der Waals surface area contributed by atoms with E-state index in [1.165, 1.54) is 17.7 Å². The molecular formula is C19H29N3O4. The van der Waals surface area contributed by atoms with Gasteiger partial charge in [-0.3, -0.25) is 9.48 Å². The second-order valence-electron chi connectivity index (χ2n) is 8.64. The van der Waals surface area contributed by atoms with E-state index >= 15 is 0 Å². The van der Waals surface area contributed by atoms with Crippen LogP contribution in [0.3, 0.4) is 0 Å². The molecule has 144 valence electrons. The second-order valence-corrected chi connectivity index (χ2v) is 8.64. The van der Waals surface area contributed by atoms with Crippen LogP contribution in [-0.2, 0) is 16.0 Å². The number of aliphatic carboxylic acids is 1. The Kier molecular flexibility index (Phi) is 4.99. The Labute approximate surface area is 154 Å². The molecule has 1 saturated heterocycles. The quantitative estimate of drug-likeness (QED) is 0.887. The molecular weight excluding hydrogens is 334 g/mol. The fraction of sp³-hybridized carbons (Fsp3) is 0.737. The minimum absolute atomic E-state index is 0.160. The van der Waals surface area contributed by atoms with Crippen molar-refractivity contribution >= 4 is 12.1 Å². The lowest BCUT2D eigenvalue weighted by atomic mass is 9.82. The molecule has 0 spiro atoms. The van der Waals surface area contributed by atoms with E-state index in [-0.39, 0.29) is 6.54 Å².